The molecule has 1 aromatic carbocycles. The molecule has 0 unspecified atom stereocenters. The van der Waals surface area contributed by atoms with E-state index in [0.29, 0.717) is 17.7 Å². The van der Waals surface area contributed by atoms with E-state index in [1.807, 2.05) is 6.07 Å². The molecule has 84 valence electrons. The van der Waals surface area contributed by atoms with E-state index in [0.717, 1.165) is 18.4 Å². The maximum Gasteiger partial charge on any atom is 0.341 e. The van der Waals surface area contributed by atoms with Crippen molar-refractivity contribution in [1.29, 1.82) is 0 Å². The van der Waals surface area contributed by atoms with E-state index >= 15 is 0 Å². The molecule has 0 aromatic heterocycles. The summed E-state index contributed by atoms with van der Waals surface area (Å²) in [5.41, 5.74) is 1.52. The Morgan fingerprint density at radius 3 is 2.94 bits per heavy atom. The van der Waals surface area contributed by atoms with Gasteiger partial charge in [0.1, 0.15) is 5.75 Å². The van der Waals surface area contributed by atoms with Gasteiger partial charge >= 0.3 is 5.97 Å². The van der Waals surface area contributed by atoms with Gasteiger partial charge < -0.3 is 9.84 Å². The highest BCUT2D eigenvalue weighted by atomic mass is 16.5. The predicted molar refractivity (Wildman–Crippen MR) is 56.8 cm³/mol. The lowest BCUT2D eigenvalue weighted by Crippen LogP contribution is -2.16. The standard InChI is InChI=1S/C12H12O4/c13-9-5-1-3-8-4-2-6-10(12(8)9)16-7-11(14)15/h2,4,6H,1,3,5,7H2,(H,14,15). The molecule has 0 aliphatic heterocycles. The van der Waals surface area contributed by atoms with Crippen molar-refractivity contribution >= 4 is 11.8 Å². The van der Waals surface area contributed by atoms with Crippen LogP contribution in [0.1, 0.15) is 28.8 Å². The number of carboxylic acids is 1. The van der Waals surface area contributed by atoms with Crippen molar-refractivity contribution in [2.45, 2.75) is 19.3 Å². The number of Topliss-reactive ketones (excluding diaryl/α,β-unsaturated/α-hetero) is 1. The first-order valence-corrected chi connectivity index (χ1v) is 5.18. The molecule has 2 rings (SSSR count). The van der Waals surface area contributed by atoms with Gasteiger partial charge in [-0.2, -0.15) is 0 Å². The summed E-state index contributed by atoms with van der Waals surface area (Å²) in [6, 6.07) is 5.32. The SMILES string of the molecule is O=C(O)COc1cccc2c1C(=O)CCC2. The molecule has 0 atom stereocenters. The summed E-state index contributed by atoms with van der Waals surface area (Å²) in [6.07, 6.45) is 2.22. The highest BCUT2D eigenvalue weighted by Gasteiger charge is 2.21. The number of hydrogen-bond donors (Lipinski definition) is 1. The highest BCUT2D eigenvalue weighted by molar-refractivity contribution is 6.01. The number of fused-ring (bicyclic) bond motifs is 1. The third-order valence-electron chi connectivity index (χ3n) is 2.59. The molecule has 1 aromatic rings. The van der Waals surface area contributed by atoms with Gasteiger partial charge in [0, 0.05) is 6.42 Å². The van der Waals surface area contributed by atoms with Crippen molar-refractivity contribution in [2.24, 2.45) is 0 Å². The summed E-state index contributed by atoms with van der Waals surface area (Å²) in [6.45, 7) is -0.413. The van der Waals surface area contributed by atoms with Crippen LogP contribution in [0.3, 0.4) is 0 Å². The Kier molecular flexibility index (Phi) is 2.90. The average Bonchev–Trinajstić information content (AvgIpc) is 2.26. The molecule has 1 N–H and O–H groups in total. The van der Waals surface area contributed by atoms with Crippen LogP contribution in [-0.2, 0) is 11.2 Å². The number of ketones is 1. The molecule has 4 heteroatoms. The maximum atomic E-state index is 11.7. The number of benzene rings is 1. The fourth-order valence-corrected chi connectivity index (χ4v) is 1.93. The second kappa shape index (κ2) is 4.35. The van der Waals surface area contributed by atoms with Crippen LogP contribution in [-0.4, -0.2) is 23.5 Å². The van der Waals surface area contributed by atoms with Crippen molar-refractivity contribution in [1.82, 2.24) is 0 Å². The number of rotatable bonds is 3. The molecule has 1 aliphatic rings. The maximum absolute atomic E-state index is 11.7. The second-order valence-electron chi connectivity index (χ2n) is 3.75. The van der Waals surface area contributed by atoms with Gasteiger partial charge in [-0.05, 0) is 24.5 Å². The molecule has 0 saturated heterocycles. The van der Waals surface area contributed by atoms with E-state index in [1.165, 1.54) is 0 Å². The molecule has 0 saturated carbocycles. The zero-order valence-corrected chi connectivity index (χ0v) is 8.73. The fourth-order valence-electron chi connectivity index (χ4n) is 1.93. The van der Waals surface area contributed by atoms with Crippen molar-refractivity contribution in [2.75, 3.05) is 6.61 Å². The molecule has 0 spiro atoms. The van der Waals surface area contributed by atoms with Gasteiger partial charge in [-0.3, -0.25) is 4.79 Å². The molecule has 4 nitrogen and oxygen atoms in total. The van der Waals surface area contributed by atoms with Gasteiger partial charge in [0.15, 0.2) is 12.4 Å². The van der Waals surface area contributed by atoms with Crippen LogP contribution in [0, 0.1) is 0 Å². The van der Waals surface area contributed by atoms with Crippen LogP contribution in [0.5, 0.6) is 5.75 Å². The van der Waals surface area contributed by atoms with Gasteiger partial charge in [-0.15, -0.1) is 0 Å². The van der Waals surface area contributed by atoms with Crippen LogP contribution < -0.4 is 4.74 Å². The minimum absolute atomic E-state index is 0.0437. The largest absolute Gasteiger partial charge is 0.481 e. The summed E-state index contributed by atoms with van der Waals surface area (Å²) in [4.78, 5) is 22.1. The Morgan fingerprint density at radius 2 is 2.19 bits per heavy atom. The predicted octanol–water partition coefficient (Wildman–Crippen LogP) is 1.67. The smallest absolute Gasteiger partial charge is 0.341 e. The fraction of sp³-hybridized carbons (Fsp3) is 0.333. The molecular formula is C12H12O4. The van der Waals surface area contributed by atoms with Gasteiger partial charge in [0.05, 0.1) is 5.56 Å². The van der Waals surface area contributed by atoms with Crippen LogP contribution in [0.2, 0.25) is 0 Å². The number of carbonyl (C=O) groups excluding carboxylic acids is 1. The average molecular weight is 220 g/mol. The van der Waals surface area contributed by atoms with Crippen LogP contribution in [0.4, 0.5) is 0 Å². The van der Waals surface area contributed by atoms with Crippen LogP contribution >= 0.6 is 0 Å². The van der Waals surface area contributed by atoms with Crippen molar-refractivity contribution in [3.8, 4) is 5.75 Å². The van der Waals surface area contributed by atoms with Crippen molar-refractivity contribution in [3.63, 3.8) is 0 Å². The van der Waals surface area contributed by atoms with Crippen molar-refractivity contribution < 1.29 is 19.4 Å². The van der Waals surface area contributed by atoms with E-state index in [1.54, 1.807) is 12.1 Å². The monoisotopic (exact) mass is 220 g/mol. The number of ether oxygens (including phenoxy) is 1. The molecule has 0 heterocycles. The number of hydrogen-bond acceptors (Lipinski definition) is 3. The molecular weight excluding hydrogens is 208 g/mol. The van der Waals surface area contributed by atoms with Gasteiger partial charge in [0.25, 0.3) is 0 Å². The Hall–Kier alpha value is -1.84. The summed E-state index contributed by atoms with van der Waals surface area (Å²) < 4.78 is 5.12. The second-order valence-corrected chi connectivity index (χ2v) is 3.75. The zero-order chi connectivity index (χ0) is 11.5. The summed E-state index contributed by atoms with van der Waals surface area (Å²) >= 11 is 0. The molecule has 1 aliphatic carbocycles. The Bertz CT molecular complexity index is 437. The first-order valence-electron chi connectivity index (χ1n) is 5.18. The minimum Gasteiger partial charge on any atom is -0.481 e. The van der Waals surface area contributed by atoms with Gasteiger partial charge in [0.2, 0.25) is 0 Å². The molecule has 16 heavy (non-hydrogen) atoms. The summed E-state index contributed by atoms with van der Waals surface area (Å²) in [5, 5.41) is 8.53. The van der Waals surface area contributed by atoms with Crippen LogP contribution in [0.25, 0.3) is 0 Å². The Balaban J connectivity index is 2.31. The third-order valence-corrected chi connectivity index (χ3v) is 2.59. The van der Waals surface area contributed by atoms with E-state index in [-0.39, 0.29) is 5.78 Å². The Morgan fingerprint density at radius 1 is 1.38 bits per heavy atom. The first-order chi connectivity index (χ1) is 7.68. The normalized spacial score (nSPS) is 14.4. The quantitative estimate of drug-likeness (QED) is 0.841. The van der Waals surface area contributed by atoms with Crippen molar-refractivity contribution in [3.05, 3.63) is 29.3 Å². The van der Waals surface area contributed by atoms with E-state index < -0.39 is 12.6 Å². The lowest BCUT2D eigenvalue weighted by molar-refractivity contribution is -0.139. The number of aryl methyl sites for hydroxylation is 1. The number of carbonyl (C=O) groups is 2. The van der Waals surface area contributed by atoms with Crippen LogP contribution in [0.15, 0.2) is 18.2 Å². The van der Waals surface area contributed by atoms with E-state index in [2.05, 4.69) is 0 Å². The topological polar surface area (TPSA) is 63.6 Å². The van der Waals surface area contributed by atoms with E-state index in [9.17, 15) is 9.59 Å². The highest BCUT2D eigenvalue weighted by Crippen LogP contribution is 2.29. The van der Waals surface area contributed by atoms with E-state index in [4.69, 9.17) is 9.84 Å². The summed E-state index contributed by atoms with van der Waals surface area (Å²) in [7, 11) is 0. The molecule has 0 radical (unpaired) electrons. The third kappa shape index (κ3) is 2.05. The zero-order valence-electron chi connectivity index (χ0n) is 8.73. The molecule has 0 bridgehead atoms. The number of aliphatic carboxylic acids is 1. The molecule has 0 amide bonds. The van der Waals surface area contributed by atoms with Gasteiger partial charge in [-0.1, -0.05) is 12.1 Å². The lowest BCUT2D eigenvalue weighted by Gasteiger charge is -2.17. The first kappa shape index (κ1) is 10.7. The Labute approximate surface area is 92.8 Å². The number of carboxylic acid groups (broad SMARTS) is 1. The lowest BCUT2D eigenvalue weighted by atomic mass is 9.90. The summed E-state index contributed by atoms with van der Waals surface area (Å²) in [5.74, 6) is -0.604. The minimum atomic E-state index is -1.04. The van der Waals surface area contributed by atoms with Gasteiger partial charge in [-0.25, -0.2) is 4.79 Å². The molecule has 0 fully saturated rings.